The highest BCUT2D eigenvalue weighted by Crippen LogP contribution is 1.94. The van der Waals surface area contributed by atoms with Gasteiger partial charge in [0.25, 0.3) is 5.91 Å². The maximum atomic E-state index is 11.4. The molecule has 0 fully saturated rings. The maximum absolute atomic E-state index is 11.4. The van der Waals surface area contributed by atoms with E-state index in [0.717, 1.165) is 13.0 Å². The fourth-order valence-electron chi connectivity index (χ4n) is 1.52. The third-order valence-corrected chi connectivity index (χ3v) is 2.57. The van der Waals surface area contributed by atoms with Crippen molar-refractivity contribution >= 4 is 11.8 Å². The molecule has 0 aromatic rings. The lowest BCUT2D eigenvalue weighted by Gasteiger charge is -2.18. The summed E-state index contributed by atoms with van der Waals surface area (Å²) in [5.74, 6) is 1.56. The van der Waals surface area contributed by atoms with Crippen molar-refractivity contribution in [1.82, 2.24) is 15.5 Å². The van der Waals surface area contributed by atoms with E-state index < -0.39 is 0 Å². The summed E-state index contributed by atoms with van der Waals surface area (Å²) in [5, 5.41) is 5.48. The van der Waals surface area contributed by atoms with Crippen LogP contribution < -0.4 is 10.6 Å². The van der Waals surface area contributed by atoms with Crippen LogP contribution >= 0.6 is 0 Å². The summed E-state index contributed by atoms with van der Waals surface area (Å²) in [5.41, 5.74) is 0. The Labute approximate surface area is 121 Å². The molecule has 20 heavy (non-hydrogen) atoms. The number of carbonyl (C=O) groups is 2. The highest BCUT2D eigenvalue weighted by atomic mass is 16.2. The third-order valence-electron chi connectivity index (χ3n) is 2.57. The molecule has 0 aliphatic rings. The van der Waals surface area contributed by atoms with Crippen molar-refractivity contribution in [3.8, 4) is 12.3 Å². The Hall–Kier alpha value is -1.80. The van der Waals surface area contributed by atoms with Crippen LogP contribution in [0.25, 0.3) is 0 Å². The molecule has 0 heterocycles. The molecule has 0 aliphatic heterocycles. The van der Waals surface area contributed by atoms with Crippen molar-refractivity contribution in [2.75, 3.05) is 20.1 Å². The summed E-state index contributed by atoms with van der Waals surface area (Å²) in [6.07, 6.45) is 9.15. The molecule has 0 aliphatic carbocycles. The summed E-state index contributed by atoms with van der Waals surface area (Å²) in [7, 11) is 1.96. The predicted molar refractivity (Wildman–Crippen MR) is 81.0 cm³/mol. The van der Waals surface area contributed by atoms with Gasteiger partial charge in [-0.25, -0.2) is 0 Å². The standard InChI is InChI=1S/C15H25N3O2/c1-6-14(19)17-13(4)9-11-18(5)10-7-8-15(20)16-12(2)3/h1,7-8,12-13H,9-11H2,2-5H3,(H,16,20)(H,17,19)/b8-7+. The lowest BCUT2D eigenvalue weighted by molar-refractivity contribution is -0.117. The second-order valence-electron chi connectivity index (χ2n) is 5.14. The van der Waals surface area contributed by atoms with Gasteiger partial charge in [-0.05, 0) is 40.2 Å². The smallest absolute Gasteiger partial charge is 0.295 e. The number of rotatable bonds is 8. The number of nitrogens with zero attached hydrogens (tertiary/aromatic N) is 1. The fraction of sp³-hybridized carbons (Fsp3) is 0.600. The number of hydrogen-bond acceptors (Lipinski definition) is 3. The van der Waals surface area contributed by atoms with Crippen molar-refractivity contribution < 1.29 is 9.59 Å². The normalized spacial score (nSPS) is 12.4. The maximum Gasteiger partial charge on any atom is 0.295 e. The zero-order chi connectivity index (χ0) is 15.5. The summed E-state index contributed by atoms with van der Waals surface area (Å²) in [6, 6.07) is 0.180. The Bertz CT molecular complexity index is 383. The average Bonchev–Trinajstić information content (AvgIpc) is 2.35. The van der Waals surface area contributed by atoms with E-state index in [1.807, 2.05) is 39.8 Å². The van der Waals surface area contributed by atoms with Crippen molar-refractivity contribution in [1.29, 1.82) is 0 Å². The molecular weight excluding hydrogens is 254 g/mol. The highest BCUT2D eigenvalue weighted by Gasteiger charge is 2.06. The number of nitrogens with one attached hydrogen (secondary N) is 2. The minimum absolute atomic E-state index is 0.0363. The molecular formula is C15H25N3O2. The topological polar surface area (TPSA) is 61.4 Å². The van der Waals surface area contributed by atoms with Gasteiger partial charge in [0.15, 0.2) is 0 Å². The van der Waals surface area contributed by atoms with E-state index in [1.165, 1.54) is 0 Å². The van der Waals surface area contributed by atoms with Gasteiger partial charge in [-0.15, -0.1) is 6.42 Å². The quantitative estimate of drug-likeness (QED) is 0.503. The minimum Gasteiger partial charge on any atom is -0.350 e. The van der Waals surface area contributed by atoms with Crippen LogP contribution in [0, 0.1) is 12.3 Å². The van der Waals surface area contributed by atoms with Crippen LogP contribution in [-0.4, -0.2) is 48.9 Å². The van der Waals surface area contributed by atoms with E-state index in [1.54, 1.807) is 6.08 Å². The highest BCUT2D eigenvalue weighted by molar-refractivity contribution is 5.92. The van der Waals surface area contributed by atoms with Crippen molar-refractivity contribution in [3.63, 3.8) is 0 Å². The van der Waals surface area contributed by atoms with Gasteiger partial charge in [-0.2, -0.15) is 0 Å². The summed E-state index contributed by atoms with van der Waals surface area (Å²) < 4.78 is 0. The van der Waals surface area contributed by atoms with Crippen LogP contribution in [0.15, 0.2) is 12.2 Å². The summed E-state index contributed by atoms with van der Waals surface area (Å²) in [6.45, 7) is 7.24. The molecule has 0 rings (SSSR count). The molecule has 2 amide bonds. The molecule has 5 nitrogen and oxygen atoms in total. The molecule has 0 saturated carbocycles. The van der Waals surface area contributed by atoms with Gasteiger partial charge in [0.05, 0.1) is 0 Å². The lowest BCUT2D eigenvalue weighted by Crippen LogP contribution is -2.34. The third kappa shape index (κ3) is 10.2. The lowest BCUT2D eigenvalue weighted by atomic mass is 10.2. The fourth-order valence-corrected chi connectivity index (χ4v) is 1.52. The molecule has 0 bridgehead atoms. The molecule has 1 unspecified atom stereocenters. The first kappa shape index (κ1) is 18.2. The number of carbonyl (C=O) groups excluding carboxylic acids is 2. The van der Waals surface area contributed by atoms with Crippen LogP contribution in [0.4, 0.5) is 0 Å². The van der Waals surface area contributed by atoms with Crippen molar-refractivity contribution in [3.05, 3.63) is 12.2 Å². The summed E-state index contributed by atoms with van der Waals surface area (Å²) >= 11 is 0. The van der Waals surface area contributed by atoms with E-state index >= 15 is 0 Å². The van der Waals surface area contributed by atoms with Crippen molar-refractivity contribution in [2.24, 2.45) is 0 Å². The van der Waals surface area contributed by atoms with Crippen LogP contribution in [-0.2, 0) is 9.59 Å². The molecule has 0 saturated heterocycles. The van der Waals surface area contributed by atoms with Crippen LogP contribution in [0.2, 0.25) is 0 Å². The van der Waals surface area contributed by atoms with Crippen LogP contribution in [0.1, 0.15) is 27.2 Å². The Morgan fingerprint density at radius 2 is 1.95 bits per heavy atom. The van der Waals surface area contributed by atoms with E-state index in [9.17, 15) is 9.59 Å². The number of terminal acetylenes is 1. The van der Waals surface area contributed by atoms with Gasteiger partial charge in [0.1, 0.15) is 0 Å². The zero-order valence-electron chi connectivity index (χ0n) is 12.8. The Balaban J connectivity index is 3.86. The first-order valence-electron chi connectivity index (χ1n) is 6.77. The molecule has 5 heteroatoms. The first-order valence-corrected chi connectivity index (χ1v) is 6.77. The molecule has 112 valence electrons. The van der Waals surface area contributed by atoms with Gasteiger partial charge in [0, 0.05) is 31.2 Å². The molecule has 2 N–H and O–H groups in total. The SMILES string of the molecule is C#CC(=O)NC(C)CCN(C)C/C=C/C(=O)NC(C)C. The van der Waals surface area contributed by atoms with E-state index in [-0.39, 0.29) is 23.9 Å². The molecule has 0 spiro atoms. The molecule has 1 atom stereocenters. The van der Waals surface area contributed by atoms with E-state index in [0.29, 0.717) is 6.54 Å². The second-order valence-corrected chi connectivity index (χ2v) is 5.14. The van der Waals surface area contributed by atoms with Gasteiger partial charge in [0.2, 0.25) is 5.91 Å². The molecule has 0 aromatic heterocycles. The van der Waals surface area contributed by atoms with Crippen LogP contribution in [0.5, 0.6) is 0 Å². The van der Waals surface area contributed by atoms with E-state index in [2.05, 4.69) is 15.5 Å². The van der Waals surface area contributed by atoms with Gasteiger partial charge < -0.3 is 15.5 Å². The monoisotopic (exact) mass is 279 g/mol. The number of likely N-dealkylation sites (N-methyl/N-ethyl adjacent to an activating group) is 1. The Kier molecular flexibility index (Phi) is 9.14. The Morgan fingerprint density at radius 3 is 2.50 bits per heavy atom. The van der Waals surface area contributed by atoms with Crippen molar-refractivity contribution in [2.45, 2.75) is 39.3 Å². The summed E-state index contributed by atoms with van der Waals surface area (Å²) in [4.78, 5) is 24.4. The molecule has 0 aromatic carbocycles. The van der Waals surface area contributed by atoms with Gasteiger partial charge in [-0.1, -0.05) is 6.08 Å². The number of hydrogen-bond donors (Lipinski definition) is 2. The first-order chi connectivity index (χ1) is 9.35. The van der Waals surface area contributed by atoms with Gasteiger partial charge >= 0.3 is 0 Å². The second kappa shape index (κ2) is 10.0. The van der Waals surface area contributed by atoms with E-state index in [4.69, 9.17) is 6.42 Å². The molecule has 0 radical (unpaired) electrons. The van der Waals surface area contributed by atoms with Crippen LogP contribution in [0.3, 0.4) is 0 Å². The largest absolute Gasteiger partial charge is 0.350 e. The minimum atomic E-state index is -0.384. The number of amides is 2. The van der Waals surface area contributed by atoms with Gasteiger partial charge in [-0.3, -0.25) is 9.59 Å². The predicted octanol–water partition coefficient (Wildman–Crippen LogP) is 0.527. The zero-order valence-corrected chi connectivity index (χ0v) is 12.8. The average molecular weight is 279 g/mol. The Morgan fingerprint density at radius 1 is 1.30 bits per heavy atom.